The normalized spacial score (nSPS) is 12.3. The summed E-state index contributed by atoms with van der Waals surface area (Å²) in [4.78, 5) is 25.0. The number of hydrogen-bond acceptors (Lipinski definition) is 4. The van der Waals surface area contributed by atoms with Crippen LogP contribution in [0, 0.1) is 19.7 Å². The highest BCUT2D eigenvalue weighted by molar-refractivity contribution is 5.83. The van der Waals surface area contributed by atoms with Crippen LogP contribution >= 0.6 is 0 Å². The molecule has 2 aromatic heterocycles. The number of nitrogens with zero attached hydrogens (tertiary/aromatic N) is 4. The minimum absolute atomic E-state index is 0.223. The summed E-state index contributed by atoms with van der Waals surface area (Å²) in [6.07, 6.45) is 0. The van der Waals surface area contributed by atoms with Crippen LogP contribution in [0.25, 0.3) is 10.9 Å². The Labute approximate surface area is 149 Å². The fraction of sp³-hybridized carbons (Fsp3) is 0.333. The molecular formula is C18H20FN5O2. The molecule has 0 radical (unpaired) electrons. The average molecular weight is 357 g/mol. The van der Waals surface area contributed by atoms with Gasteiger partial charge in [-0.3, -0.25) is 14.3 Å². The molecule has 0 saturated carbocycles. The number of fused-ring (bicyclic) bond motifs is 1. The van der Waals surface area contributed by atoms with Crippen molar-refractivity contribution in [2.75, 3.05) is 0 Å². The number of hydrogen-bond donors (Lipinski definition) is 1. The molecule has 1 amide bonds. The predicted octanol–water partition coefficient (Wildman–Crippen LogP) is 1.76. The summed E-state index contributed by atoms with van der Waals surface area (Å²) in [7, 11) is 1.69. The number of carbonyl (C=O) groups excluding carboxylic acids is 1. The van der Waals surface area contributed by atoms with Crippen molar-refractivity contribution in [3.8, 4) is 0 Å². The number of aryl methyl sites for hydroxylation is 3. The van der Waals surface area contributed by atoms with Crippen LogP contribution in [0.2, 0.25) is 0 Å². The van der Waals surface area contributed by atoms with E-state index in [0.29, 0.717) is 22.2 Å². The monoisotopic (exact) mass is 357 g/mol. The van der Waals surface area contributed by atoms with Crippen LogP contribution in [0.1, 0.15) is 29.9 Å². The molecule has 0 unspecified atom stereocenters. The van der Waals surface area contributed by atoms with E-state index in [1.54, 1.807) is 33.0 Å². The van der Waals surface area contributed by atoms with Crippen LogP contribution in [-0.2, 0) is 18.4 Å². The maximum Gasteiger partial charge on any atom is 0.293 e. The number of nitrogens with one attached hydrogen (secondary N) is 1. The number of halogens is 1. The Bertz CT molecular complexity index is 1050. The maximum absolute atomic E-state index is 13.3. The lowest BCUT2D eigenvalue weighted by Crippen LogP contribution is -2.35. The molecule has 7 nitrogen and oxygen atoms in total. The van der Waals surface area contributed by atoms with Gasteiger partial charge in [0.05, 0.1) is 22.8 Å². The molecule has 0 bridgehead atoms. The summed E-state index contributed by atoms with van der Waals surface area (Å²) < 4.78 is 16.0. The van der Waals surface area contributed by atoms with Gasteiger partial charge in [0.25, 0.3) is 5.56 Å². The molecule has 0 saturated heterocycles. The summed E-state index contributed by atoms with van der Waals surface area (Å²) >= 11 is 0. The fourth-order valence-electron chi connectivity index (χ4n) is 3.12. The number of amides is 1. The molecule has 1 aromatic carbocycles. The lowest BCUT2D eigenvalue weighted by atomic mass is 10.1. The lowest BCUT2D eigenvalue weighted by Gasteiger charge is -2.15. The SMILES string of the molecule is Cc1nn(CC(=O)N[C@@H](C)c2cccc(F)c2)c(=O)c2c1c(C)nn2C. The summed E-state index contributed by atoms with van der Waals surface area (Å²) in [5, 5.41) is 12.0. The molecule has 3 aromatic rings. The number of carbonyl (C=O) groups is 1. The van der Waals surface area contributed by atoms with Crippen LogP contribution in [0.4, 0.5) is 4.39 Å². The number of benzene rings is 1. The van der Waals surface area contributed by atoms with E-state index in [2.05, 4.69) is 15.5 Å². The Morgan fingerprint density at radius 2 is 1.96 bits per heavy atom. The maximum atomic E-state index is 13.3. The van der Waals surface area contributed by atoms with Gasteiger partial charge < -0.3 is 5.32 Å². The zero-order valence-corrected chi connectivity index (χ0v) is 15.1. The second kappa shape index (κ2) is 6.70. The van der Waals surface area contributed by atoms with Crippen molar-refractivity contribution in [2.24, 2.45) is 7.05 Å². The number of aromatic nitrogens is 4. The first-order valence-electron chi connectivity index (χ1n) is 8.23. The Hall–Kier alpha value is -3.03. The van der Waals surface area contributed by atoms with E-state index in [1.165, 1.54) is 16.8 Å². The van der Waals surface area contributed by atoms with Crippen molar-refractivity contribution >= 4 is 16.8 Å². The fourth-order valence-corrected chi connectivity index (χ4v) is 3.12. The third kappa shape index (κ3) is 3.22. The molecule has 1 atom stereocenters. The molecule has 0 fully saturated rings. The second-order valence-electron chi connectivity index (χ2n) is 6.33. The van der Waals surface area contributed by atoms with Crippen molar-refractivity contribution in [3.63, 3.8) is 0 Å². The summed E-state index contributed by atoms with van der Waals surface area (Å²) in [6.45, 7) is 5.12. The molecule has 0 spiro atoms. The molecule has 0 aliphatic carbocycles. The van der Waals surface area contributed by atoms with Gasteiger partial charge in [-0.05, 0) is 38.5 Å². The van der Waals surface area contributed by atoms with Gasteiger partial charge in [-0.1, -0.05) is 12.1 Å². The van der Waals surface area contributed by atoms with E-state index in [9.17, 15) is 14.0 Å². The molecule has 0 aliphatic heterocycles. The van der Waals surface area contributed by atoms with Gasteiger partial charge in [-0.15, -0.1) is 0 Å². The highest BCUT2D eigenvalue weighted by Gasteiger charge is 2.18. The third-order valence-corrected chi connectivity index (χ3v) is 4.31. The number of rotatable bonds is 4. The van der Waals surface area contributed by atoms with Gasteiger partial charge in [0, 0.05) is 7.05 Å². The van der Waals surface area contributed by atoms with E-state index in [-0.39, 0.29) is 23.8 Å². The van der Waals surface area contributed by atoms with Gasteiger partial charge in [0.15, 0.2) is 0 Å². The Balaban J connectivity index is 1.85. The van der Waals surface area contributed by atoms with Crippen LogP contribution < -0.4 is 10.9 Å². The van der Waals surface area contributed by atoms with Gasteiger partial charge in [0.1, 0.15) is 17.9 Å². The highest BCUT2D eigenvalue weighted by atomic mass is 19.1. The first-order chi connectivity index (χ1) is 12.3. The van der Waals surface area contributed by atoms with E-state index in [1.807, 2.05) is 6.92 Å². The molecule has 0 aliphatic rings. The third-order valence-electron chi connectivity index (χ3n) is 4.31. The van der Waals surface area contributed by atoms with Crippen molar-refractivity contribution in [3.05, 3.63) is 57.4 Å². The van der Waals surface area contributed by atoms with E-state index in [0.717, 1.165) is 10.4 Å². The van der Waals surface area contributed by atoms with Gasteiger partial charge in [-0.2, -0.15) is 10.2 Å². The quantitative estimate of drug-likeness (QED) is 0.771. The predicted molar refractivity (Wildman–Crippen MR) is 95.2 cm³/mol. The second-order valence-corrected chi connectivity index (χ2v) is 6.33. The molecular weight excluding hydrogens is 337 g/mol. The summed E-state index contributed by atoms with van der Waals surface area (Å²) in [6, 6.07) is 5.63. The van der Waals surface area contributed by atoms with Crippen molar-refractivity contribution in [1.82, 2.24) is 24.9 Å². The standard InChI is InChI=1S/C18H20FN5O2/c1-10(13-6-5-7-14(19)8-13)20-15(25)9-24-18(26)17-16(12(3)22-24)11(2)21-23(17)4/h5-8,10H,9H2,1-4H3,(H,20,25)/t10-/m0/s1. The Morgan fingerprint density at radius 1 is 1.27 bits per heavy atom. The lowest BCUT2D eigenvalue weighted by molar-refractivity contribution is -0.122. The molecule has 1 N–H and O–H groups in total. The van der Waals surface area contributed by atoms with Crippen molar-refractivity contribution < 1.29 is 9.18 Å². The molecule has 2 heterocycles. The minimum Gasteiger partial charge on any atom is -0.348 e. The Kier molecular flexibility index (Phi) is 4.58. The zero-order chi connectivity index (χ0) is 19.0. The highest BCUT2D eigenvalue weighted by Crippen LogP contribution is 2.16. The van der Waals surface area contributed by atoms with Crippen LogP contribution in [0.5, 0.6) is 0 Å². The first-order valence-corrected chi connectivity index (χ1v) is 8.23. The van der Waals surface area contributed by atoms with Gasteiger partial charge in [-0.25, -0.2) is 9.07 Å². The van der Waals surface area contributed by atoms with Gasteiger partial charge >= 0.3 is 0 Å². The molecule has 3 rings (SSSR count). The van der Waals surface area contributed by atoms with Crippen molar-refractivity contribution in [2.45, 2.75) is 33.4 Å². The van der Waals surface area contributed by atoms with Crippen LogP contribution in [0.3, 0.4) is 0 Å². The Morgan fingerprint density at radius 3 is 2.65 bits per heavy atom. The minimum atomic E-state index is -0.391. The first kappa shape index (κ1) is 17.8. The zero-order valence-electron chi connectivity index (χ0n) is 15.1. The van der Waals surface area contributed by atoms with E-state index < -0.39 is 6.04 Å². The topological polar surface area (TPSA) is 81.8 Å². The van der Waals surface area contributed by atoms with Crippen LogP contribution in [-0.4, -0.2) is 25.5 Å². The summed E-state index contributed by atoms with van der Waals surface area (Å²) in [5.74, 6) is -0.747. The van der Waals surface area contributed by atoms with E-state index in [4.69, 9.17) is 0 Å². The summed E-state index contributed by atoms with van der Waals surface area (Å²) in [5.41, 5.74) is 2.05. The average Bonchev–Trinajstić information content (AvgIpc) is 2.87. The van der Waals surface area contributed by atoms with Gasteiger partial charge in [0.2, 0.25) is 5.91 Å². The smallest absolute Gasteiger partial charge is 0.293 e. The van der Waals surface area contributed by atoms with E-state index >= 15 is 0 Å². The molecule has 8 heteroatoms. The largest absolute Gasteiger partial charge is 0.348 e. The van der Waals surface area contributed by atoms with Crippen LogP contribution in [0.15, 0.2) is 29.1 Å². The van der Waals surface area contributed by atoms with Crippen molar-refractivity contribution in [1.29, 1.82) is 0 Å². The molecule has 26 heavy (non-hydrogen) atoms. The molecule has 136 valence electrons.